The van der Waals surface area contributed by atoms with E-state index in [1.165, 1.54) is 4.57 Å². The summed E-state index contributed by atoms with van der Waals surface area (Å²) in [4.78, 5) is 21.7. The van der Waals surface area contributed by atoms with Crippen LogP contribution in [-0.2, 0) is 7.05 Å². The lowest BCUT2D eigenvalue weighted by molar-refractivity contribution is 0.259. The summed E-state index contributed by atoms with van der Waals surface area (Å²) in [6.45, 7) is 4.17. The van der Waals surface area contributed by atoms with E-state index >= 15 is 0 Å². The van der Waals surface area contributed by atoms with Gasteiger partial charge in [0.25, 0.3) is 5.56 Å². The van der Waals surface area contributed by atoms with Gasteiger partial charge in [0.15, 0.2) is 0 Å². The van der Waals surface area contributed by atoms with Gasteiger partial charge in [-0.2, -0.15) is 4.98 Å². The molecule has 2 aromatic heterocycles. The first-order chi connectivity index (χ1) is 12.9. The Morgan fingerprint density at radius 2 is 2.00 bits per heavy atom. The lowest BCUT2D eigenvalue weighted by Crippen LogP contribution is -2.27. The summed E-state index contributed by atoms with van der Waals surface area (Å²) in [5, 5.41) is 14.0. The van der Waals surface area contributed by atoms with E-state index < -0.39 is 0 Å². The fourth-order valence-corrected chi connectivity index (χ4v) is 3.36. The Balaban J connectivity index is 2.04. The molecule has 0 saturated carbocycles. The molecule has 0 fully saturated rings. The zero-order valence-electron chi connectivity index (χ0n) is 15.6. The summed E-state index contributed by atoms with van der Waals surface area (Å²) < 4.78 is 1.50. The van der Waals surface area contributed by atoms with Crippen LogP contribution in [0.3, 0.4) is 0 Å². The molecule has 0 aliphatic carbocycles. The number of hydrogen-bond donors (Lipinski definition) is 2. The van der Waals surface area contributed by atoms with Gasteiger partial charge in [-0.15, -0.1) is 0 Å². The van der Waals surface area contributed by atoms with Crippen LogP contribution in [0.5, 0.6) is 0 Å². The zero-order chi connectivity index (χ0) is 19.6. The average molecular weight is 387 g/mol. The molecule has 2 heterocycles. The number of aryl methyl sites for hydroxylation is 1. The number of rotatable bonds is 6. The summed E-state index contributed by atoms with van der Waals surface area (Å²) in [6.07, 6.45) is 2.47. The maximum atomic E-state index is 12.9. The van der Waals surface area contributed by atoms with E-state index in [0.29, 0.717) is 33.7 Å². The smallest absolute Gasteiger partial charge is 0.259 e. The number of pyridine rings is 1. The molecule has 0 aliphatic heterocycles. The van der Waals surface area contributed by atoms with Crippen LogP contribution in [0, 0.1) is 5.92 Å². The van der Waals surface area contributed by atoms with Gasteiger partial charge in [0.2, 0.25) is 5.95 Å². The van der Waals surface area contributed by atoms with Crippen molar-refractivity contribution in [3.8, 4) is 11.1 Å². The fraction of sp³-hybridized carbons (Fsp3) is 0.350. The molecular weight excluding hydrogens is 364 g/mol. The van der Waals surface area contributed by atoms with Gasteiger partial charge in [0.05, 0.1) is 12.6 Å². The third kappa shape index (κ3) is 4.12. The molecule has 0 spiro atoms. The molecule has 142 valence electrons. The SMILES string of the molecule is CC(C)CC(CO)Nc1ncc2cc(-c3ccccc3Cl)c(=O)n(C)c2n1. The topological polar surface area (TPSA) is 80.0 Å². The fourth-order valence-electron chi connectivity index (χ4n) is 3.12. The highest BCUT2D eigenvalue weighted by atomic mass is 35.5. The summed E-state index contributed by atoms with van der Waals surface area (Å²) in [7, 11) is 1.68. The standard InChI is InChI=1S/C20H23ClN4O2/c1-12(2)8-14(11-26)23-20-22-10-13-9-16(15-6-4-5-7-17(15)21)19(27)25(3)18(13)24-20/h4-7,9-10,12,14,26H,8,11H2,1-3H3,(H,22,23,24). The van der Waals surface area contributed by atoms with Crippen molar-refractivity contribution in [3.05, 3.63) is 51.9 Å². The first-order valence-corrected chi connectivity index (χ1v) is 9.27. The molecule has 7 heteroatoms. The number of nitrogens with zero attached hydrogens (tertiary/aromatic N) is 3. The lowest BCUT2D eigenvalue weighted by atomic mass is 10.0. The van der Waals surface area contributed by atoms with Crippen molar-refractivity contribution >= 4 is 28.6 Å². The third-order valence-corrected chi connectivity index (χ3v) is 4.75. The van der Waals surface area contributed by atoms with Gasteiger partial charge in [-0.05, 0) is 24.5 Å². The molecule has 1 aromatic carbocycles. The minimum Gasteiger partial charge on any atom is -0.394 e. The largest absolute Gasteiger partial charge is 0.394 e. The number of aromatic nitrogens is 3. The van der Waals surface area contributed by atoms with Crippen molar-refractivity contribution in [1.29, 1.82) is 0 Å². The molecule has 1 unspecified atom stereocenters. The highest BCUT2D eigenvalue weighted by Gasteiger charge is 2.15. The van der Waals surface area contributed by atoms with E-state index in [2.05, 4.69) is 29.1 Å². The molecule has 3 rings (SSSR count). The Bertz CT molecular complexity index is 1020. The van der Waals surface area contributed by atoms with Crippen LogP contribution >= 0.6 is 11.6 Å². The number of anilines is 1. The van der Waals surface area contributed by atoms with Gasteiger partial charge in [-0.3, -0.25) is 9.36 Å². The van der Waals surface area contributed by atoms with Gasteiger partial charge < -0.3 is 10.4 Å². The molecule has 0 bridgehead atoms. The average Bonchev–Trinajstić information content (AvgIpc) is 2.64. The number of benzene rings is 1. The van der Waals surface area contributed by atoms with Crippen LogP contribution in [0.1, 0.15) is 20.3 Å². The van der Waals surface area contributed by atoms with Crippen LogP contribution in [0.15, 0.2) is 41.3 Å². The molecule has 0 radical (unpaired) electrons. The van der Waals surface area contributed by atoms with Gasteiger partial charge in [0, 0.05) is 34.8 Å². The second-order valence-electron chi connectivity index (χ2n) is 7.03. The van der Waals surface area contributed by atoms with E-state index in [4.69, 9.17) is 11.6 Å². The van der Waals surface area contributed by atoms with Crippen LogP contribution in [0.25, 0.3) is 22.2 Å². The summed E-state index contributed by atoms with van der Waals surface area (Å²) in [6, 6.07) is 8.88. The van der Waals surface area contributed by atoms with Crippen LogP contribution in [0.4, 0.5) is 5.95 Å². The highest BCUT2D eigenvalue weighted by molar-refractivity contribution is 6.33. The molecule has 2 N–H and O–H groups in total. The Hall–Kier alpha value is -2.44. The van der Waals surface area contributed by atoms with Gasteiger partial charge in [-0.25, -0.2) is 4.98 Å². The van der Waals surface area contributed by atoms with E-state index in [0.717, 1.165) is 11.8 Å². The van der Waals surface area contributed by atoms with Crippen molar-refractivity contribution in [1.82, 2.24) is 14.5 Å². The summed E-state index contributed by atoms with van der Waals surface area (Å²) in [5.74, 6) is 0.820. The Labute approximate surface area is 162 Å². The number of fused-ring (bicyclic) bond motifs is 1. The molecule has 6 nitrogen and oxygen atoms in total. The monoisotopic (exact) mass is 386 g/mol. The van der Waals surface area contributed by atoms with Crippen LogP contribution in [0.2, 0.25) is 5.02 Å². The van der Waals surface area contributed by atoms with Crippen molar-refractivity contribution in [3.63, 3.8) is 0 Å². The van der Waals surface area contributed by atoms with E-state index in [-0.39, 0.29) is 18.2 Å². The summed E-state index contributed by atoms with van der Waals surface area (Å²) >= 11 is 6.26. The van der Waals surface area contributed by atoms with Crippen molar-refractivity contribution in [2.45, 2.75) is 26.3 Å². The molecule has 3 aromatic rings. The van der Waals surface area contributed by atoms with Crippen molar-refractivity contribution in [2.75, 3.05) is 11.9 Å². The zero-order valence-corrected chi connectivity index (χ0v) is 16.4. The Morgan fingerprint density at radius 3 is 2.67 bits per heavy atom. The predicted octanol–water partition coefficient (Wildman–Crippen LogP) is 3.47. The number of halogens is 1. The molecular formula is C20H23ClN4O2. The first kappa shape index (κ1) is 19.3. The number of nitrogens with one attached hydrogen (secondary N) is 1. The first-order valence-electron chi connectivity index (χ1n) is 8.89. The van der Waals surface area contributed by atoms with Crippen molar-refractivity contribution < 1.29 is 5.11 Å². The minimum atomic E-state index is -0.180. The van der Waals surface area contributed by atoms with E-state index in [1.807, 2.05) is 18.2 Å². The van der Waals surface area contributed by atoms with Gasteiger partial charge in [0.1, 0.15) is 5.65 Å². The molecule has 0 amide bonds. The Kier molecular flexibility index (Phi) is 5.77. The predicted molar refractivity (Wildman–Crippen MR) is 109 cm³/mol. The molecule has 27 heavy (non-hydrogen) atoms. The summed E-state index contributed by atoms with van der Waals surface area (Å²) in [5.41, 5.74) is 1.53. The number of aliphatic hydroxyl groups excluding tert-OH is 1. The maximum absolute atomic E-state index is 12.9. The molecule has 1 atom stereocenters. The molecule has 0 saturated heterocycles. The number of hydrogen-bond acceptors (Lipinski definition) is 5. The molecule has 0 aliphatic rings. The van der Waals surface area contributed by atoms with Crippen LogP contribution in [-0.4, -0.2) is 32.3 Å². The quantitative estimate of drug-likeness (QED) is 0.678. The van der Waals surface area contributed by atoms with Gasteiger partial charge in [-0.1, -0.05) is 43.6 Å². The lowest BCUT2D eigenvalue weighted by Gasteiger charge is -2.18. The third-order valence-electron chi connectivity index (χ3n) is 4.42. The van der Waals surface area contributed by atoms with Crippen molar-refractivity contribution in [2.24, 2.45) is 13.0 Å². The second-order valence-corrected chi connectivity index (χ2v) is 7.44. The van der Waals surface area contributed by atoms with E-state index in [1.54, 1.807) is 25.4 Å². The normalized spacial score (nSPS) is 12.5. The van der Waals surface area contributed by atoms with Gasteiger partial charge >= 0.3 is 0 Å². The Morgan fingerprint density at radius 1 is 1.26 bits per heavy atom. The van der Waals surface area contributed by atoms with Crippen LogP contribution < -0.4 is 10.9 Å². The second kappa shape index (κ2) is 8.06. The number of aliphatic hydroxyl groups is 1. The highest BCUT2D eigenvalue weighted by Crippen LogP contribution is 2.27. The van der Waals surface area contributed by atoms with E-state index in [9.17, 15) is 9.90 Å². The minimum absolute atomic E-state index is 0.00997. The maximum Gasteiger partial charge on any atom is 0.259 e.